The van der Waals surface area contributed by atoms with Crippen LogP contribution in [0.3, 0.4) is 0 Å². The molecular formula is C19H16ClN3O4. The van der Waals surface area contributed by atoms with Crippen LogP contribution in [0.15, 0.2) is 64.3 Å². The number of aromatic nitrogens is 2. The number of nitrogens with zero attached hydrogens (tertiary/aromatic N) is 2. The minimum absolute atomic E-state index is 0.139. The lowest BCUT2D eigenvalue weighted by atomic mass is 10.2. The average Bonchev–Trinajstić information content (AvgIpc) is 2.65. The third kappa shape index (κ3) is 3.78. The van der Waals surface area contributed by atoms with Gasteiger partial charge < -0.3 is 10.5 Å². The lowest BCUT2D eigenvalue weighted by Gasteiger charge is -2.13. The number of methoxy groups -OCH3 is 1. The first-order chi connectivity index (χ1) is 12.9. The highest BCUT2D eigenvalue weighted by Gasteiger charge is 2.17. The molecule has 2 N–H and O–H groups in total. The van der Waals surface area contributed by atoms with Gasteiger partial charge in [-0.15, -0.1) is 0 Å². The van der Waals surface area contributed by atoms with Crippen molar-refractivity contribution in [3.8, 4) is 11.4 Å². The number of benzene rings is 2. The normalized spacial score (nSPS) is 10.6. The van der Waals surface area contributed by atoms with Crippen LogP contribution in [0.25, 0.3) is 5.69 Å². The van der Waals surface area contributed by atoms with Crippen molar-refractivity contribution in [1.82, 2.24) is 9.13 Å². The first-order valence-corrected chi connectivity index (χ1v) is 8.33. The minimum atomic E-state index is -0.915. The summed E-state index contributed by atoms with van der Waals surface area (Å²) in [5.41, 5.74) is 4.71. The number of amides is 1. The molecule has 0 unspecified atom stereocenters. The van der Waals surface area contributed by atoms with Crippen LogP contribution < -0.4 is 21.7 Å². The van der Waals surface area contributed by atoms with Crippen LogP contribution >= 0.6 is 11.6 Å². The molecular weight excluding hydrogens is 370 g/mol. The Morgan fingerprint density at radius 1 is 1.15 bits per heavy atom. The van der Waals surface area contributed by atoms with E-state index in [1.165, 1.54) is 23.9 Å². The van der Waals surface area contributed by atoms with E-state index in [2.05, 4.69) is 0 Å². The van der Waals surface area contributed by atoms with Crippen molar-refractivity contribution in [2.24, 2.45) is 5.73 Å². The minimum Gasteiger partial charge on any atom is -0.497 e. The van der Waals surface area contributed by atoms with Crippen molar-refractivity contribution < 1.29 is 9.53 Å². The Morgan fingerprint density at radius 3 is 2.48 bits per heavy atom. The zero-order chi connectivity index (χ0) is 19.6. The van der Waals surface area contributed by atoms with Crippen molar-refractivity contribution in [3.63, 3.8) is 0 Å². The molecule has 0 aliphatic heterocycles. The highest BCUT2D eigenvalue weighted by Crippen LogP contribution is 2.14. The van der Waals surface area contributed by atoms with E-state index in [-0.39, 0.29) is 17.8 Å². The van der Waals surface area contributed by atoms with Gasteiger partial charge in [0.15, 0.2) is 0 Å². The number of primary amides is 1. The van der Waals surface area contributed by atoms with E-state index in [1.807, 2.05) is 0 Å². The van der Waals surface area contributed by atoms with Gasteiger partial charge in [-0.25, -0.2) is 9.36 Å². The molecule has 0 spiro atoms. The maximum atomic E-state index is 12.9. The van der Waals surface area contributed by atoms with Gasteiger partial charge in [-0.3, -0.25) is 14.2 Å². The Balaban J connectivity index is 2.21. The molecule has 0 fully saturated rings. The molecule has 0 saturated carbocycles. The van der Waals surface area contributed by atoms with E-state index in [0.29, 0.717) is 10.8 Å². The fraction of sp³-hybridized carbons (Fsp3) is 0.105. The number of hydrogen-bond acceptors (Lipinski definition) is 4. The molecule has 1 aromatic heterocycles. The molecule has 3 rings (SSSR count). The summed E-state index contributed by atoms with van der Waals surface area (Å²) in [7, 11) is 1.47. The van der Waals surface area contributed by atoms with Gasteiger partial charge in [0.25, 0.3) is 11.5 Å². The van der Waals surface area contributed by atoms with Crippen LogP contribution in [0, 0.1) is 0 Å². The molecule has 0 atom stereocenters. The molecule has 0 bridgehead atoms. The third-order valence-corrected chi connectivity index (χ3v) is 4.25. The van der Waals surface area contributed by atoms with Crippen LogP contribution in [0.4, 0.5) is 0 Å². The SMILES string of the molecule is COc1cccc(-n2c(=O)c(C(N)=O)cn(Cc3ccc(Cl)cc3)c2=O)c1. The first-order valence-electron chi connectivity index (χ1n) is 7.96. The topological polar surface area (TPSA) is 96.3 Å². The standard InChI is InChI=1S/C19H16ClN3O4/c1-27-15-4-2-3-14(9-15)23-18(25)16(17(21)24)11-22(19(23)26)10-12-5-7-13(20)8-6-12/h2-9,11H,10H2,1H3,(H2,21,24). The van der Waals surface area contributed by atoms with Crippen LogP contribution in [0.5, 0.6) is 5.75 Å². The van der Waals surface area contributed by atoms with Crippen LogP contribution in [-0.4, -0.2) is 22.2 Å². The van der Waals surface area contributed by atoms with Crippen LogP contribution in [-0.2, 0) is 6.54 Å². The van der Waals surface area contributed by atoms with E-state index < -0.39 is 17.2 Å². The summed E-state index contributed by atoms with van der Waals surface area (Å²) < 4.78 is 7.30. The lowest BCUT2D eigenvalue weighted by Crippen LogP contribution is -2.42. The Bertz CT molecular complexity index is 1120. The average molecular weight is 386 g/mol. The van der Waals surface area contributed by atoms with E-state index in [0.717, 1.165) is 10.1 Å². The summed E-state index contributed by atoms with van der Waals surface area (Å²) >= 11 is 5.88. The van der Waals surface area contributed by atoms with Crippen molar-refractivity contribution in [3.05, 3.63) is 91.7 Å². The van der Waals surface area contributed by atoms with Crippen molar-refractivity contribution in [1.29, 1.82) is 0 Å². The number of carbonyl (C=O) groups excluding carboxylic acids is 1. The van der Waals surface area contributed by atoms with Crippen molar-refractivity contribution in [2.45, 2.75) is 6.54 Å². The second-order valence-corrected chi connectivity index (χ2v) is 6.22. The van der Waals surface area contributed by atoms with Crippen LogP contribution in [0.1, 0.15) is 15.9 Å². The quantitative estimate of drug-likeness (QED) is 0.724. The highest BCUT2D eigenvalue weighted by molar-refractivity contribution is 6.30. The number of hydrogen-bond donors (Lipinski definition) is 1. The Labute approximate surface area is 159 Å². The number of ether oxygens (including phenoxy) is 1. The Kier molecular flexibility index (Phi) is 5.14. The van der Waals surface area contributed by atoms with Gasteiger partial charge in [0.2, 0.25) is 0 Å². The van der Waals surface area contributed by atoms with E-state index in [1.54, 1.807) is 42.5 Å². The molecule has 1 heterocycles. The van der Waals surface area contributed by atoms with E-state index >= 15 is 0 Å². The summed E-state index contributed by atoms with van der Waals surface area (Å²) in [6.07, 6.45) is 1.18. The zero-order valence-electron chi connectivity index (χ0n) is 14.4. The predicted molar refractivity (Wildman–Crippen MR) is 102 cm³/mol. The number of rotatable bonds is 5. The molecule has 27 heavy (non-hydrogen) atoms. The Morgan fingerprint density at radius 2 is 1.85 bits per heavy atom. The summed E-state index contributed by atoms with van der Waals surface area (Å²) in [5.74, 6) is -0.450. The van der Waals surface area contributed by atoms with Crippen molar-refractivity contribution >= 4 is 17.5 Å². The monoisotopic (exact) mass is 385 g/mol. The number of carbonyl (C=O) groups is 1. The lowest BCUT2D eigenvalue weighted by molar-refractivity contribution is 0.0997. The number of halogens is 1. The van der Waals surface area contributed by atoms with Gasteiger partial charge >= 0.3 is 5.69 Å². The molecule has 7 nitrogen and oxygen atoms in total. The molecule has 1 amide bonds. The second-order valence-electron chi connectivity index (χ2n) is 5.79. The molecule has 138 valence electrons. The van der Waals surface area contributed by atoms with Crippen LogP contribution in [0.2, 0.25) is 5.02 Å². The fourth-order valence-electron chi connectivity index (χ4n) is 2.65. The molecule has 2 aromatic carbocycles. The summed E-state index contributed by atoms with van der Waals surface area (Å²) in [6, 6.07) is 13.3. The van der Waals surface area contributed by atoms with E-state index in [4.69, 9.17) is 22.1 Å². The first kappa shape index (κ1) is 18.5. The molecule has 8 heteroatoms. The largest absolute Gasteiger partial charge is 0.497 e. The van der Waals surface area contributed by atoms with Gasteiger partial charge in [0.1, 0.15) is 11.3 Å². The Hall–Kier alpha value is -3.32. The maximum absolute atomic E-state index is 12.9. The molecule has 0 aliphatic rings. The smallest absolute Gasteiger partial charge is 0.335 e. The van der Waals surface area contributed by atoms with Gasteiger partial charge in [-0.05, 0) is 29.8 Å². The van der Waals surface area contributed by atoms with Gasteiger partial charge in [0.05, 0.1) is 19.3 Å². The third-order valence-electron chi connectivity index (χ3n) is 4.00. The summed E-state index contributed by atoms with van der Waals surface area (Å²) in [4.78, 5) is 37.4. The number of nitrogens with two attached hydrogens (primary N) is 1. The van der Waals surface area contributed by atoms with Crippen molar-refractivity contribution in [2.75, 3.05) is 7.11 Å². The summed E-state index contributed by atoms with van der Waals surface area (Å²) in [6.45, 7) is 0.139. The molecule has 0 radical (unpaired) electrons. The maximum Gasteiger partial charge on any atom is 0.335 e. The summed E-state index contributed by atoms with van der Waals surface area (Å²) in [5, 5.41) is 0.560. The van der Waals surface area contributed by atoms with Gasteiger partial charge in [-0.1, -0.05) is 29.8 Å². The van der Waals surface area contributed by atoms with E-state index in [9.17, 15) is 14.4 Å². The second kappa shape index (κ2) is 7.51. The molecule has 3 aromatic rings. The van der Waals surface area contributed by atoms with Gasteiger partial charge in [-0.2, -0.15) is 0 Å². The molecule has 0 aliphatic carbocycles. The fourth-order valence-corrected chi connectivity index (χ4v) is 2.77. The highest BCUT2D eigenvalue weighted by atomic mass is 35.5. The zero-order valence-corrected chi connectivity index (χ0v) is 15.1. The van der Waals surface area contributed by atoms with Gasteiger partial charge in [0, 0.05) is 17.3 Å². The molecule has 0 saturated heterocycles. The predicted octanol–water partition coefficient (Wildman–Crippen LogP) is 1.81.